The Kier molecular flexibility index (Phi) is 6.69. The number of hydrogen-bond donors (Lipinski definition) is 1. The number of halogens is 3. The van der Waals surface area contributed by atoms with Crippen molar-refractivity contribution in [2.24, 2.45) is 27.7 Å². The largest absolute Gasteiger partial charge is 0.461 e. The van der Waals surface area contributed by atoms with Gasteiger partial charge in [0.15, 0.2) is 0 Å². The van der Waals surface area contributed by atoms with Crippen molar-refractivity contribution in [3.8, 4) is 0 Å². The van der Waals surface area contributed by atoms with Crippen LogP contribution in [-0.4, -0.2) is 65.0 Å². The van der Waals surface area contributed by atoms with Gasteiger partial charge in [-0.3, -0.25) is 9.69 Å². The van der Waals surface area contributed by atoms with Gasteiger partial charge in [0, 0.05) is 30.1 Å². The number of aliphatic hydroxyl groups is 1. The van der Waals surface area contributed by atoms with Crippen LogP contribution in [0.4, 0.5) is 18.0 Å². The summed E-state index contributed by atoms with van der Waals surface area (Å²) in [5, 5.41) is 10.3. The molecule has 1 amide bonds. The van der Waals surface area contributed by atoms with Crippen LogP contribution in [0.25, 0.3) is 0 Å². The maximum atomic E-state index is 12.9. The fourth-order valence-corrected chi connectivity index (χ4v) is 5.37. The molecule has 33 heavy (non-hydrogen) atoms. The molecule has 2 aliphatic carbocycles. The van der Waals surface area contributed by atoms with E-state index in [9.17, 15) is 27.9 Å². The summed E-state index contributed by atoms with van der Waals surface area (Å²) in [4.78, 5) is 30.9. The number of alkyl halides is 3. The van der Waals surface area contributed by atoms with Crippen LogP contribution in [0, 0.1) is 22.7 Å². The maximum absolute atomic E-state index is 12.9. The molecule has 3 bridgehead atoms. The van der Waals surface area contributed by atoms with Crippen molar-refractivity contribution in [3.05, 3.63) is 0 Å². The summed E-state index contributed by atoms with van der Waals surface area (Å²) in [5.74, 6) is -0.677. The Morgan fingerprint density at radius 3 is 2.36 bits per heavy atom. The van der Waals surface area contributed by atoms with Gasteiger partial charge in [0.05, 0.1) is 11.8 Å². The van der Waals surface area contributed by atoms with Gasteiger partial charge in [-0.05, 0) is 66.7 Å². The Morgan fingerprint density at radius 2 is 1.82 bits per heavy atom. The summed E-state index contributed by atoms with van der Waals surface area (Å²) in [7, 11) is 0. The van der Waals surface area contributed by atoms with E-state index in [4.69, 9.17) is 9.47 Å². The number of esters is 1. The molecule has 1 aliphatic heterocycles. The first kappa shape index (κ1) is 25.9. The number of fused-ring (bicyclic) bond motifs is 2. The number of aliphatic hydroxyl groups excluding tert-OH is 1. The van der Waals surface area contributed by atoms with Gasteiger partial charge < -0.3 is 14.6 Å². The average molecular weight is 477 g/mol. The molecule has 3 rings (SSSR count). The zero-order valence-electron chi connectivity index (χ0n) is 20.2. The highest BCUT2D eigenvalue weighted by molar-refractivity contribution is 6.02. The maximum Gasteiger partial charge on any atom is 0.434 e. The van der Waals surface area contributed by atoms with E-state index >= 15 is 0 Å². The first-order chi connectivity index (χ1) is 14.9. The fraction of sp³-hybridized carbons (Fsp3) is 0.870. The number of likely N-dealkylation sites (tertiary alicyclic amines) is 1. The molecule has 1 saturated heterocycles. The molecule has 3 aliphatic rings. The lowest BCUT2D eigenvalue weighted by atomic mass is 9.66. The van der Waals surface area contributed by atoms with Crippen molar-refractivity contribution in [1.29, 1.82) is 0 Å². The van der Waals surface area contributed by atoms with E-state index in [-0.39, 0.29) is 24.3 Å². The van der Waals surface area contributed by atoms with E-state index in [1.165, 1.54) is 4.90 Å². The van der Waals surface area contributed by atoms with E-state index in [1.54, 1.807) is 41.5 Å². The predicted molar refractivity (Wildman–Crippen MR) is 115 cm³/mol. The molecular formula is C23H35F3N2O5. The number of ether oxygens (including phenoxy) is 2. The van der Waals surface area contributed by atoms with Crippen LogP contribution < -0.4 is 0 Å². The van der Waals surface area contributed by atoms with Crippen molar-refractivity contribution in [2.75, 3.05) is 13.1 Å². The minimum absolute atomic E-state index is 0.00237. The molecule has 2 saturated carbocycles. The van der Waals surface area contributed by atoms with Crippen LogP contribution in [0.2, 0.25) is 0 Å². The molecule has 10 heteroatoms. The summed E-state index contributed by atoms with van der Waals surface area (Å²) in [6.45, 7) is 10.8. The first-order valence-corrected chi connectivity index (χ1v) is 11.4. The Balaban J connectivity index is 1.92. The lowest BCUT2D eigenvalue weighted by molar-refractivity contribution is -0.181. The number of rotatable bonds is 3. The number of amides is 1. The summed E-state index contributed by atoms with van der Waals surface area (Å²) in [6.07, 6.45) is -7.32. The minimum Gasteiger partial charge on any atom is -0.461 e. The Bertz CT molecular complexity index is 814. The van der Waals surface area contributed by atoms with Gasteiger partial charge in [0.1, 0.15) is 17.9 Å². The van der Waals surface area contributed by atoms with Crippen LogP contribution in [0.15, 0.2) is 4.99 Å². The van der Waals surface area contributed by atoms with Crippen LogP contribution >= 0.6 is 0 Å². The minimum atomic E-state index is -4.50. The molecule has 3 fully saturated rings. The lowest BCUT2D eigenvalue weighted by Crippen LogP contribution is -2.56. The molecule has 0 aromatic rings. The third-order valence-electron chi connectivity index (χ3n) is 6.51. The summed E-state index contributed by atoms with van der Waals surface area (Å²) in [5.41, 5.74) is -1.71. The molecule has 1 spiro atoms. The molecule has 7 nitrogen and oxygen atoms in total. The molecule has 0 aromatic heterocycles. The normalized spacial score (nSPS) is 32.5. The quantitative estimate of drug-likeness (QED) is 0.611. The third kappa shape index (κ3) is 6.07. The highest BCUT2D eigenvalue weighted by Crippen LogP contribution is 2.56. The van der Waals surface area contributed by atoms with E-state index in [2.05, 4.69) is 4.99 Å². The second-order valence-corrected chi connectivity index (χ2v) is 11.8. The van der Waals surface area contributed by atoms with Gasteiger partial charge >= 0.3 is 18.2 Å². The number of aliphatic imine (C=N–C) groups is 1. The van der Waals surface area contributed by atoms with Crippen molar-refractivity contribution < 1.29 is 37.3 Å². The van der Waals surface area contributed by atoms with E-state index in [1.807, 2.05) is 0 Å². The molecule has 0 radical (unpaired) electrons. The summed E-state index contributed by atoms with van der Waals surface area (Å²) in [6, 6.07) is 0. The van der Waals surface area contributed by atoms with Gasteiger partial charge in [-0.1, -0.05) is 0 Å². The van der Waals surface area contributed by atoms with Gasteiger partial charge in [-0.15, -0.1) is 0 Å². The van der Waals surface area contributed by atoms with E-state index in [0.717, 1.165) is 0 Å². The van der Waals surface area contributed by atoms with Crippen LogP contribution in [0.5, 0.6) is 0 Å². The van der Waals surface area contributed by atoms with Crippen molar-refractivity contribution in [3.63, 3.8) is 0 Å². The van der Waals surface area contributed by atoms with Crippen LogP contribution in [-0.2, 0) is 14.3 Å². The third-order valence-corrected chi connectivity index (χ3v) is 6.51. The smallest absolute Gasteiger partial charge is 0.434 e. The molecule has 5 atom stereocenters. The Morgan fingerprint density at radius 1 is 1.18 bits per heavy atom. The van der Waals surface area contributed by atoms with Gasteiger partial charge in [-0.25, -0.2) is 4.79 Å². The zero-order chi connectivity index (χ0) is 25.0. The molecule has 1 heterocycles. The van der Waals surface area contributed by atoms with Crippen molar-refractivity contribution >= 4 is 17.8 Å². The molecule has 0 aromatic carbocycles. The first-order valence-electron chi connectivity index (χ1n) is 11.4. The number of piperidine rings is 1. The lowest BCUT2D eigenvalue weighted by Gasteiger charge is -2.49. The number of hydrogen-bond acceptors (Lipinski definition) is 6. The summed E-state index contributed by atoms with van der Waals surface area (Å²) < 4.78 is 50.0. The van der Waals surface area contributed by atoms with Gasteiger partial charge in [-0.2, -0.15) is 18.2 Å². The highest BCUT2D eigenvalue weighted by atomic mass is 19.4. The van der Waals surface area contributed by atoms with E-state index < -0.39 is 47.5 Å². The number of carbonyl (C=O) groups is 2. The average Bonchev–Trinajstić information content (AvgIpc) is 2.76. The van der Waals surface area contributed by atoms with E-state index in [0.29, 0.717) is 31.5 Å². The SMILES string of the molecule is CC(C)(C)OC(=O)N=C1[C@H]2CC3CN(C(O)CC(F)(F)F)CC1(C3)C[C@H]2OC(=O)C(C)(C)C. The molecule has 188 valence electrons. The van der Waals surface area contributed by atoms with Crippen LogP contribution in [0.1, 0.15) is 67.2 Å². The standard InChI is InChI=1S/C23H35F3N2O5/c1-20(2,3)18(30)32-15-9-22-8-13(11-28(12-22)16(29)10-23(24,25)26)7-14(15)17(22)27-19(31)33-21(4,5)6/h13-16,29H,7-12H2,1-6H3/t13?,14-,15+,16?,22?/m0/s1. The topological polar surface area (TPSA) is 88.4 Å². The second kappa shape index (κ2) is 8.52. The molecule has 3 unspecified atom stereocenters. The number of carbonyl (C=O) groups excluding carboxylic acids is 2. The molecule has 1 N–H and O–H groups in total. The second-order valence-electron chi connectivity index (χ2n) is 11.8. The zero-order valence-corrected chi connectivity index (χ0v) is 20.2. The number of nitrogens with zero attached hydrogens (tertiary/aromatic N) is 2. The van der Waals surface area contributed by atoms with Crippen molar-refractivity contribution in [2.45, 2.75) is 91.3 Å². The predicted octanol–water partition coefficient (Wildman–Crippen LogP) is 4.32. The fourth-order valence-electron chi connectivity index (χ4n) is 5.37. The van der Waals surface area contributed by atoms with Crippen LogP contribution in [0.3, 0.4) is 0 Å². The summed E-state index contributed by atoms with van der Waals surface area (Å²) >= 11 is 0. The van der Waals surface area contributed by atoms with Gasteiger partial charge in [0.25, 0.3) is 0 Å². The molecular weight excluding hydrogens is 441 g/mol. The highest BCUT2D eigenvalue weighted by Gasteiger charge is 2.61. The van der Waals surface area contributed by atoms with Gasteiger partial charge in [0.2, 0.25) is 0 Å². The van der Waals surface area contributed by atoms with Crippen molar-refractivity contribution in [1.82, 2.24) is 4.90 Å². The monoisotopic (exact) mass is 476 g/mol. The Hall–Kier alpha value is -1.68. The Labute approximate surface area is 192 Å².